The van der Waals surface area contributed by atoms with Crippen LogP contribution in [0.15, 0.2) is 76.1 Å². The van der Waals surface area contributed by atoms with Crippen LogP contribution < -0.4 is 19.7 Å². The molecule has 10 heteroatoms. The molecule has 0 saturated heterocycles. The smallest absolute Gasteiger partial charge is 0.264 e. The summed E-state index contributed by atoms with van der Waals surface area (Å²) in [5.74, 6) is -0.442. The number of para-hydroxylation sites is 1. The molecule has 3 aromatic rings. The van der Waals surface area contributed by atoms with Gasteiger partial charge in [-0.2, -0.15) is 0 Å². The van der Waals surface area contributed by atoms with Crippen molar-refractivity contribution in [2.24, 2.45) is 0 Å². The first kappa shape index (κ1) is 28.2. The summed E-state index contributed by atoms with van der Waals surface area (Å²) in [4.78, 5) is 25.9. The Kier molecular flexibility index (Phi) is 9.34. The van der Waals surface area contributed by atoms with Gasteiger partial charge in [-0.15, -0.1) is 0 Å². The molecule has 0 radical (unpaired) electrons. The van der Waals surface area contributed by atoms with Gasteiger partial charge < -0.3 is 15.4 Å². The van der Waals surface area contributed by atoms with Crippen LogP contribution in [0.4, 0.5) is 11.4 Å². The molecule has 37 heavy (non-hydrogen) atoms. The molecular formula is C27H30BrN3O5S. The van der Waals surface area contributed by atoms with Crippen LogP contribution in [-0.2, 0) is 14.8 Å². The number of aryl methyl sites for hydroxylation is 1. The zero-order valence-corrected chi connectivity index (χ0v) is 23.5. The highest BCUT2D eigenvalue weighted by Crippen LogP contribution is 2.31. The highest BCUT2D eigenvalue weighted by atomic mass is 79.9. The van der Waals surface area contributed by atoms with E-state index in [-0.39, 0.29) is 16.8 Å². The first-order valence-corrected chi connectivity index (χ1v) is 13.9. The lowest BCUT2D eigenvalue weighted by molar-refractivity contribution is -0.114. The fraction of sp³-hybridized carbons (Fsp3) is 0.259. The second-order valence-electron chi connectivity index (χ2n) is 8.52. The van der Waals surface area contributed by atoms with E-state index in [2.05, 4.69) is 26.6 Å². The lowest BCUT2D eigenvalue weighted by Crippen LogP contribution is -2.38. The molecule has 0 aliphatic rings. The Bertz CT molecular complexity index is 1380. The Morgan fingerprint density at radius 1 is 1.05 bits per heavy atom. The summed E-state index contributed by atoms with van der Waals surface area (Å²) in [7, 11) is -2.66. The maximum Gasteiger partial charge on any atom is 0.264 e. The number of sulfonamides is 1. The molecule has 0 spiro atoms. The van der Waals surface area contributed by atoms with Crippen molar-refractivity contribution in [2.75, 3.05) is 23.3 Å². The highest BCUT2D eigenvalue weighted by molar-refractivity contribution is 9.10. The number of halogens is 1. The predicted molar refractivity (Wildman–Crippen MR) is 149 cm³/mol. The summed E-state index contributed by atoms with van der Waals surface area (Å²) in [5, 5.41) is 5.59. The van der Waals surface area contributed by atoms with Crippen LogP contribution in [0.25, 0.3) is 0 Å². The quantitative estimate of drug-likeness (QED) is 0.342. The lowest BCUT2D eigenvalue weighted by atomic mass is 10.1. The number of amides is 2. The highest BCUT2D eigenvalue weighted by Gasteiger charge is 2.28. The van der Waals surface area contributed by atoms with Crippen molar-refractivity contribution in [3.63, 3.8) is 0 Å². The van der Waals surface area contributed by atoms with E-state index in [0.717, 1.165) is 16.3 Å². The van der Waals surface area contributed by atoms with Crippen molar-refractivity contribution < 1.29 is 22.7 Å². The predicted octanol–water partition coefficient (Wildman–Crippen LogP) is 5.13. The van der Waals surface area contributed by atoms with Gasteiger partial charge in [0.25, 0.3) is 15.9 Å². The molecule has 196 valence electrons. The zero-order chi connectivity index (χ0) is 27.2. The molecule has 0 heterocycles. The number of anilines is 2. The number of ether oxygens (including phenoxy) is 1. The standard InChI is InChI=1S/C27H30BrN3O5S/c1-5-19(3)29-27(33)22-8-6-7-9-24(22)30-26(32)17-31(20-12-10-18(2)11-13-20)37(34,35)21-14-15-25(36-4)23(28)16-21/h6-16,19H,5,17H2,1-4H3,(H,29,33)(H,30,32)/t19-/m0/s1. The summed E-state index contributed by atoms with van der Waals surface area (Å²) < 4.78 is 34.1. The van der Waals surface area contributed by atoms with E-state index < -0.39 is 22.5 Å². The average molecular weight is 589 g/mol. The van der Waals surface area contributed by atoms with Gasteiger partial charge in [0.1, 0.15) is 12.3 Å². The minimum Gasteiger partial charge on any atom is -0.496 e. The van der Waals surface area contributed by atoms with E-state index in [1.807, 2.05) is 20.8 Å². The largest absolute Gasteiger partial charge is 0.496 e. The summed E-state index contributed by atoms with van der Waals surface area (Å²) in [5.41, 5.74) is 1.86. The topological polar surface area (TPSA) is 105 Å². The van der Waals surface area contributed by atoms with E-state index >= 15 is 0 Å². The third-order valence-electron chi connectivity index (χ3n) is 5.76. The molecule has 0 unspecified atom stereocenters. The molecule has 1 atom stereocenters. The number of nitrogens with zero attached hydrogens (tertiary/aromatic N) is 1. The fourth-order valence-electron chi connectivity index (χ4n) is 3.47. The van der Waals surface area contributed by atoms with Crippen molar-refractivity contribution in [3.8, 4) is 5.75 Å². The Labute approximate surface area is 226 Å². The van der Waals surface area contributed by atoms with Crippen LogP contribution in [0.5, 0.6) is 5.75 Å². The van der Waals surface area contributed by atoms with Gasteiger partial charge in [-0.1, -0.05) is 36.8 Å². The molecule has 3 rings (SSSR count). The van der Waals surface area contributed by atoms with Gasteiger partial charge in [0.15, 0.2) is 0 Å². The molecule has 3 aromatic carbocycles. The summed E-state index contributed by atoms with van der Waals surface area (Å²) in [6.07, 6.45) is 0.755. The van der Waals surface area contributed by atoms with Gasteiger partial charge in [-0.25, -0.2) is 8.42 Å². The maximum atomic E-state index is 13.7. The van der Waals surface area contributed by atoms with Gasteiger partial charge in [0.05, 0.1) is 33.4 Å². The molecule has 0 bridgehead atoms. The number of carbonyl (C=O) groups is 2. The van der Waals surface area contributed by atoms with Crippen molar-refractivity contribution in [1.82, 2.24) is 5.32 Å². The second kappa shape index (κ2) is 12.2. The first-order chi connectivity index (χ1) is 17.6. The van der Waals surface area contributed by atoms with Crippen LogP contribution in [-0.4, -0.2) is 39.9 Å². The van der Waals surface area contributed by atoms with Crippen LogP contribution in [0.2, 0.25) is 0 Å². The molecule has 2 N–H and O–H groups in total. The van der Waals surface area contributed by atoms with Crippen LogP contribution in [0.3, 0.4) is 0 Å². The van der Waals surface area contributed by atoms with Crippen LogP contribution >= 0.6 is 15.9 Å². The van der Waals surface area contributed by atoms with Gasteiger partial charge in [-0.05, 0) is 78.7 Å². The SMILES string of the molecule is CC[C@H](C)NC(=O)c1ccccc1NC(=O)CN(c1ccc(C)cc1)S(=O)(=O)c1ccc(OC)c(Br)c1. The van der Waals surface area contributed by atoms with Gasteiger partial charge in [0.2, 0.25) is 5.91 Å². The zero-order valence-electron chi connectivity index (χ0n) is 21.1. The van der Waals surface area contributed by atoms with Crippen LogP contribution in [0, 0.1) is 6.92 Å². The van der Waals surface area contributed by atoms with Crippen molar-refractivity contribution in [2.45, 2.75) is 38.1 Å². The summed E-state index contributed by atoms with van der Waals surface area (Å²) >= 11 is 3.33. The van der Waals surface area contributed by atoms with Gasteiger partial charge >= 0.3 is 0 Å². The van der Waals surface area contributed by atoms with Gasteiger partial charge in [-0.3, -0.25) is 13.9 Å². The molecule has 0 saturated carbocycles. The van der Waals surface area contributed by atoms with E-state index in [1.54, 1.807) is 48.5 Å². The molecule has 2 amide bonds. The monoisotopic (exact) mass is 587 g/mol. The normalized spacial score (nSPS) is 11.9. The van der Waals surface area contributed by atoms with E-state index in [4.69, 9.17) is 4.74 Å². The molecular weight excluding hydrogens is 558 g/mol. The first-order valence-electron chi connectivity index (χ1n) is 11.7. The Hall–Kier alpha value is -3.37. The van der Waals surface area contributed by atoms with E-state index in [0.29, 0.717) is 27.2 Å². The number of benzene rings is 3. The molecule has 0 aromatic heterocycles. The summed E-state index contributed by atoms with van der Waals surface area (Å²) in [6, 6.07) is 17.8. The second-order valence-corrected chi connectivity index (χ2v) is 11.2. The average Bonchev–Trinajstić information content (AvgIpc) is 2.88. The van der Waals surface area contributed by atoms with Crippen molar-refractivity contribution in [1.29, 1.82) is 0 Å². The molecule has 0 aliphatic heterocycles. The number of carbonyl (C=O) groups excluding carboxylic acids is 2. The van der Waals surface area contributed by atoms with Gasteiger partial charge in [0, 0.05) is 6.04 Å². The third-order valence-corrected chi connectivity index (χ3v) is 8.15. The number of hydrogen-bond acceptors (Lipinski definition) is 5. The Morgan fingerprint density at radius 2 is 1.73 bits per heavy atom. The fourth-order valence-corrected chi connectivity index (χ4v) is 5.61. The molecule has 0 aliphatic carbocycles. The van der Waals surface area contributed by atoms with Crippen molar-refractivity contribution >= 4 is 49.1 Å². The minimum absolute atomic E-state index is 0.0121. The summed E-state index contributed by atoms with van der Waals surface area (Å²) in [6.45, 7) is 5.23. The maximum absolute atomic E-state index is 13.7. The Morgan fingerprint density at radius 3 is 2.35 bits per heavy atom. The number of rotatable bonds is 10. The van der Waals surface area contributed by atoms with Crippen molar-refractivity contribution in [3.05, 3.63) is 82.3 Å². The molecule has 0 fully saturated rings. The molecule has 8 nitrogen and oxygen atoms in total. The number of nitrogens with one attached hydrogen (secondary N) is 2. The van der Waals surface area contributed by atoms with Crippen LogP contribution in [0.1, 0.15) is 36.2 Å². The van der Waals surface area contributed by atoms with E-state index in [1.165, 1.54) is 25.3 Å². The third kappa shape index (κ3) is 6.90. The lowest BCUT2D eigenvalue weighted by Gasteiger charge is -2.25. The number of methoxy groups -OCH3 is 1. The Balaban J connectivity index is 1.94. The number of hydrogen-bond donors (Lipinski definition) is 2. The minimum atomic E-state index is -4.14. The van der Waals surface area contributed by atoms with E-state index in [9.17, 15) is 18.0 Å².